The van der Waals surface area contributed by atoms with E-state index in [0.717, 1.165) is 16.8 Å². The Balaban J connectivity index is 2.00. The third-order valence-corrected chi connectivity index (χ3v) is 3.68. The molecule has 1 aromatic carbocycles. The summed E-state index contributed by atoms with van der Waals surface area (Å²) in [4.78, 5) is 12.0. The van der Waals surface area contributed by atoms with E-state index in [9.17, 15) is 4.79 Å². The predicted octanol–water partition coefficient (Wildman–Crippen LogP) is 2.86. The summed E-state index contributed by atoms with van der Waals surface area (Å²) in [5.41, 5.74) is 2.74. The van der Waals surface area contributed by atoms with Crippen molar-refractivity contribution in [2.24, 2.45) is 5.92 Å². The molecule has 2 rings (SSSR count). The van der Waals surface area contributed by atoms with Crippen molar-refractivity contribution in [2.75, 3.05) is 11.9 Å². The first-order chi connectivity index (χ1) is 9.69. The smallest absolute Gasteiger partial charge is 0.224 e. The Bertz CT molecular complexity index is 536. The van der Waals surface area contributed by atoms with Crippen LogP contribution in [-0.4, -0.2) is 17.6 Å². The fourth-order valence-electron chi connectivity index (χ4n) is 2.22. The predicted molar refractivity (Wildman–Crippen MR) is 80.3 cm³/mol. The van der Waals surface area contributed by atoms with Gasteiger partial charge in [-0.25, -0.2) is 0 Å². The van der Waals surface area contributed by atoms with E-state index in [1.807, 2.05) is 25.1 Å². The van der Waals surface area contributed by atoms with E-state index in [2.05, 4.69) is 17.2 Å². The average Bonchev–Trinajstić information content (AvgIpc) is 2.38. The van der Waals surface area contributed by atoms with Crippen LogP contribution < -0.4 is 5.32 Å². The molecule has 3 nitrogen and oxygen atoms in total. The molecule has 0 bridgehead atoms. The van der Waals surface area contributed by atoms with Crippen molar-refractivity contribution in [1.82, 2.24) is 0 Å². The van der Waals surface area contributed by atoms with E-state index >= 15 is 0 Å². The Morgan fingerprint density at radius 2 is 2.25 bits per heavy atom. The maximum atomic E-state index is 12.0. The molecule has 0 aliphatic heterocycles. The second-order valence-corrected chi connectivity index (χ2v) is 5.35. The molecular formula is C17H21NO2. The number of rotatable bonds is 4. The van der Waals surface area contributed by atoms with Crippen LogP contribution in [0.25, 0.3) is 0 Å². The molecule has 0 radical (unpaired) electrons. The Morgan fingerprint density at radius 1 is 1.45 bits per heavy atom. The van der Waals surface area contributed by atoms with Crippen LogP contribution in [-0.2, 0) is 4.79 Å². The molecule has 1 aromatic rings. The van der Waals surface area contributed by atoms with E-state index < -0.39 is 0 Å². The summed E-state index contributed by atoms with van der Waals surface area (Å²) in [7, 11) is 0. The summed E-state index contributed by atoms with van der Waals surface area (Å²) in [5.74, 6) is 6.55. The van der Waals surface area contributed by atoms with Crippen LogP contribution in [0.1, 0.15) is 43.2 Å². The number of anilines is 1. The summed E-state index contributed by atoms with van der Waals surface area (Å²) in [6.07, 6.45) is 4.71. The van der Waals surface area contributed by atoms with E-state index in [4.69, 9.17) is 5.11 Å². The molecule has 0 saturated heterocycles. The first-order valence-corrected chi connectivity index (χ1v) is 7.19. The van der Waals surface area contributed by atoms with E-state index in [-0.39, 0.29) is 12.5 Å². The van der Waals surface area contributed by atoms with Gasteiger partial charge in [-0.3, -0.25) is 4.79 Å². The third kappa shape index (κ3) is 4.11. The van der Waals surface area contributed by atoms with Crippen LogP contribution in [0.4, 0.5) is 5.69 Å². The molecule has 1 saturated carbocycles. The maximum absolute atomic E-state index is 12.0. The second kappa shape index (κ2) is 7.12. The van der Waals surface area contributed by atoms with Gasteiger partial charge in [0.05, 0.1) is 6.61 Å². The minimum Gasteiger partial charge on any atom is -0.395 e. The molecule has 0 atom stereocenters. The molecular weight excluding hydrogens is 250 g/mol. The number of aliphatic hydroxyl groups excluding tert-OH is 1. The van der Waals surface area contributed by atoms with Gasteiger partial charge in [-0.05, 0) is 43.4 Å². The minimum absolute atomic E-state index is 0.0733. The largest absolute Gasteiger partial charge is 0.395 e. The molecule has 0 heterocycles. The van der Waals surface area contributed by atoms with Crippen molar-refractivity contribution in [3.8, 4) is 11.8 Å². The van der Waals surface area contributed by atoms with Crippen molar-refractivity contribution < 1.29 is 9.90 Å². The van der Waals surface area contributed by atoms with Gasteiger partial charge in [0, 0.05) is 24.1 Å². The van der Waals surface area contributed by atoms with Crippen molar-refractivity contribution in [3.63, 3.8) is 0 Å². The highest BCUT2D eigenvalue weighted by atomic mass is 16.2. The van der Waals surface area contributed by atoms with Crippen molar-refractivity contribution in [1.29, 1.82) is 0 Å². The maximum Gasteiger partial charge on any atom is 0.224 e. The molecule has 0 aromatic heterocycles. The van der Waals surface area contributed by atoms with Crippen LogP contribution in [0.2, 0.25) is 0 Å². The van der Waals surface area contributed by atoms with Crippen LogP contribution in [0.5, 0.6) is 0 Å². The molecule has 20 heavy (non-hydrogen) atoms. The fraction of sp³-hybridized carbons (Fsp3) is 0.471. The lowest BCUT2D eigenvalue weighted by atomic mass is 9.83. The lowest BCUT2D eigenvalue weighted by molar-refractivity contribution is -0.117. The zero-order valence-electron chi connectivity index (χ0n) is 11.9. The number of hydrogen-bond acceptors (Lipinski definition) is 2. The molecule has 1 fully saturated rings. The van der Waals surface area contributed by atoms with Crippen molar-refractivity contribution >= 4 is 11.6 Å². The van der Waals surface area contributed by atoms with E-state index in [1.54, 1.807) is 0 Å². The van der Waals surface area contributed by atoms with Gasteiger partial charge in [-0.15, -0.1) is 0 Å². The zero-order chi connectivity index (χ0) is 14.4. The molecule has 1 aliphatic carbocycles. The second-order valence-electron chi connectivity index (χ2n) is 5.35. The number of hydrogen-bond donors (Lipinski definition) is 2. The summed E-state index contributed by atoms with van der Waals surface area (Å²) < 4.78 is 0. The highest BCUT2D eigenvalue weighted by Gasteiger charge is 2.20. The van der Waals surface area contributed by atoms with Gasteiger partial charge in [0.15, 0.2) is 0 Å². The number of carbonyl (C=O) groups is 1. The first-order valence-electron chi connectivity index (χ1n) is 7.19. The zero-order valence-corrected chi connectivity index (χ0v) is 11.9. The van der Waals surface area contributed by atoms with Crippen LogP contribution in [0.3, 0.4) is 0 Å². The molecule has 0 spiro atoms. The molecule has 3 heteroatoms. The monoisotopic (exact) mass is 271 g/mol. The van der Waals surface area contributed by atoms with Gasteiger partial charge in [0.1, 0.15) is 0 Å². The Hall–Kier alpha value is -1.79. The standard InChI is InChI=1S/C17H21NO2/c1-13-8-9-15(5-2-3-10-19)11-16(13)18-17(20)12-14-6-4-7-14/h8-9,11,14,19H,3-4,6-7,10,12H2,1H3,(H,18,20). The van der Waals surface area contributed by atoms with Crippen molar-refractivity contribution in [3.05, 3.63) is 29.3 Å². The normalized spacial score (nSPS) is 14.1. The van der Waals surface area contributed by atoms with Crippen LogP contribution in [0, 0.1) is 24.7 Å². The lowest BCUT2D eigenvalue weighted by Gasteiger charge is -2.24. The van der Waals surface area contributed by atoms with Gasteiger partial charge in [0.25, 0.3) is 0 Å². The number of aryl methyl sites for hydroxylation is 1. The summed E-state index contributed by atoms with van der Waals surface area (Å²) in [6, 6.07) is 5.79. The van der Waals surface area contributed by atoms with Gasteiger partial charge in [-0.1, -0.05) is 24.3 Å². The van der Waals surface area contributed by atoms with Crippen LogP contribution >= 0.6 is 0 Å². The summed E-state index contributed by atoms with van der Waals surface area (Å²) in [5, 5.41) is 11.7. The number of nitrogens with one attached hydrogen (secondary N) is 1. The molecule has 1 amide bonds. The first kappa shape index (κ1) is 14.6. The summed E-state index contributed by atoms with van der Waals surface area (Å²) >= 11 is 0. The highest BCUT2D eigenvalue weighted by Crippen LogP contribution is 2.29. The number of benzene rings is 1. The fourth-order valence-corrected chi connectivity index (χ4v) is 2.22. The third-order valence-electron chi connectivity index (χ3n) is 3.68. The van der Waals surface area contributed by atoms with E-state index in [1.165, 1.54) is 19.3 Å². The highest BCUT2D eigenvalue weighted by molar-refractivity contribution is 5.91. The Labute approximate surface area is 120 Å². The average molecular weight is 271 g/mol. The van der Waals surface area contributed by atoms with Gasteiger partial charge in [0.2, 0.25) is 5.91 Å². The van der Waals surface area contributed by atoms with Gasteiger partial charge in [-0.2, -0.15) is 0 Å². The van der Waals surface area contributed by atoms with Crippen LogP contribution in [0.15, 0.2) is 18.2 Å². The SMILES string of the molecule is Cc1ccc(C#CCCO)cc1NC(=O)CC1CCC1. The quantitative estimate of drug-likeness (QED) is 0.827. The number of amides is 1. The molecule has 0 unspecified atom stereocenters. The molecule has 106 valence electrons. The minimum atomic E-state index is 0.0733. The molecule has 2 N–H and O–H groups in total. The molecule has 1 aliphatic rings. The Kier molecular flexibility index (Phi) is 5.20. The number of carbonyl (C=O) groups excluding carboxylic acids is 1. The number of aliphatic hydroxyl groups is 1. The Morgan fingerprint density at radius 3 is 2.90 bits per heavy atom. The summed E-state index contributed by atoms with van der Waals surface area (Å²) in [6.45, 7) is 2.05. The van der Waals surface area contributed by atoms with E-state index in [0.29, 0.717) is 18.8 Å². The lowest BCUT2D eigenvalue weighted by Crippen LogP contribution is -2.21. The van der Waals surface area contributed by atoms with Crippen molar-refractivity contribution in [2.45, 2.75) is 39.0 Å². The topological polar surface area (TPSA) is 49.3 Å². The van der Waals surface area contributed by atoms with Gasteiger partial charge >= 0.3 is 0 Å². The van der Waals surface area contributed by atoms with Gasteiger partial charge < -0.3 is 10.4 Å².